The van der Waals surface area contributed by atoms with Crippen molar-refractivity contribution in [2.45, 2.75) is 90.0 Å². The summed E-state index contributed by atoms with van der Waals surface area (Å²) in [6.07, 6.45) is 17.0. The SMILES string of the molecule is CCCCCCCCCCCCCC1COCN1. The highest BCUT2D eigenvalue weighted by molar-refractivity contribution is 4.68. The van der Waals surface area contributed by atoms with E-state index in [0.717, 1.165) is 13.3 Å². The molecular formula is C16H33NO. The monoisotopic (exact) mass is 255 g/mol. The van der Waals surface area contributed by atoms with Crippen LogP contribution < -0.4 is 5.32 Å². The summed E-state index contributed by atoms with van der Waals surface area (Å²) >= 11 is 0. The Morgan fingerprint density at radius 3 is 1.89 bits per heavy atom. The Bertz CT molecular complexity index is 166. The number of unbranched alkanes of at least 4 members (excludes halogenated alkanes) is 10. The van der Waals surface area contributed by atoms with Crippen molar-refractivity contribution >= 4 is 0 Å². The maximum Gasteiger partial charge on any atom is 0.0968 e. The van der Waals surface area contributed by atoms with E-state index in [9.17, 15) is 0 Å². The van der Waals surface area contributed by atoms with Crippen LogP contribution in [0.15, 0.2) is 0 Å². The Balaban J connectivity index is 1.68. The first kappa shape index (κ1) is 16.0. The quantitative estimate of drug-likeness (QED) is 0.513. The fourth-order valence-electron chi connectivity index (χ4n) is 2.68. The topological polar surface area (TPSA) is 21.3 Å². The average Bonchev–Trinajstić information content (AvgIpc) is 2.89. The maximum absolute atomic E-state index is 5.30. The van der Waals surface area contributed by atoms with Gasteiger partial charge in [-0.15, -0.1) is 0 Å². The van der Waals surface area contributed by atoms with Gasteiger partial charge in [0, 0.05) is 6.04 Å². The lowest BCUT2D eigenvalue weighted by Gasteiger charge is -2.07. The first-order valence-corrected chi connectivity index (χ1v) is 8.24. The molecular weight excluding hydrogens is 222 g/mol. The van der Waals surface area contributed by atoms with Crippen LogP contribution >= 0.6 is 0 Å². The Labute approximate surface area is 114 Å². The maximum atomic E-state index is 5.30. The molecule has 18 heavy (non-hydrogen) atoms. The van der Waals surface area contributed by atoms with Gasteiger partial charge in [0.15, 0.2) is 0 Å². The van der Waals surface area contributed by atoms with Crippen molar-refractivity contribution in [2.75, 3.05) is 13.3 Å². The van der Waals surface area contributed by atoms with Gasteiger partial charge in [0.1, 0.15) is 0 Å². The Hall–Kier alpha value is -0.0800. The molecule has 108 valence electrons. The normalized spacial score (nSPS) is 19.5. The lowest BCUT2D eigenvalue weighted by atomic mass is 10.0. The molecule has 0 aliphatic carbocycles. The van der Waals surface area contributed by atoms with Crippen molar-refractivity contribution in [3.63, 3.8) is 0 Å². The van der Waals surface area contributed by atoms with Gasteiger partial charge in [-0.2, -0.15) is 0 Å². The molecule has 0 radical (unpaired) electrons. The third kappa shape index (κ3) is 8.93. The third-order valence-corrected chi connectivity index (χ3v) is 3.95. The van der Waals surface area contributed by atoms with Crippen LogP contribution in [0.25, 0.3) is 0 Å². The summed E-state index contributed by atoms with van der Waals surface area (Å²) in [5, 5.41) is 3.37. The fourth-order valence-corrected chi connectivity index (χ4v) is 2.68. The first-order chi connectivity index (χ1) is 8.93. The molecule has 1 heterocycles. The number of hydrogen-bond donors (Lipinski definition) is 1. The van der Waals surface area contributed by atoms with Crippen LogP contribution in [0.3, 0.4) is 0 Å². The molecule has 1 aliphatic heterocycles. The van der Waals surface area contributed by atoms with Crippen LogP contribution in [0.4, 0.5) is 0 Å². The Kier molecular flexibility index (Phi) is 10.6. The number of rotatable bonds is 12. The second kappa shape index (κ2) is 12.0. The van der Waals surface area contributed by atoms with Gasteiger partial charge in [-0.1, -0.05) is 77.6 Å². The molecule has 0 saturated carbocycles. The van der Waals surface area contributed by atoms with E-state index in [1.807, 2.05) is 0 Å². The lowest BCUT2D eigenvalue weighted by Crippen LogP contribution is -2.23. The Morgan fingerprint density at radius 2 is 1.39 bits per heavy atom. The highest BCUT2D eigenvalue weighted by Crippen LogP contribution is 2.13. The van der Waals surface area contributed by atoms with Gasteiger partial charge in [-0.3, -0.25) is 5.32 Å². The molecule has 2 heteroatoms. The van der Waals surface area contributed by atoms with E-state index in [1.54, 1.807) is 0 Å². The predicted molar refractivity (Wildman–Crippen MR) is 78.8 cm³/mol. The van der Waals surface area contributed by atoms with Crippen LogP contribution in [-0.4, -0.2) is 19.4 Å². The molecule has 0 bridgehead atoms. The van der Waals surface area contributed by atoms with E-state index in [0.29, 0.717) is 6.04 Å². The van der Waals surface area contributed by atoms with Crippen LogP contribution in [0.2, 0.25) is 0 Å². The average molecular weight is 255 g/mol. The van der Waals surface area contributed by atoms with Crippen molar-refractivity contribution in [3.8, 4) is 0 Å². The molecule has 0 aromatic heterocycles. The van der Waals surface area contributed by atoms with Gasteiger partial charge >= 0.3 is 0 Å². The summed E-state index contributed by atoms with van der Waals surface area (Å²) in [4.78, 5) is 0. The van der Waals surface area contributed by atoms with E-state index in [2.05, 4.69) is 12.2 Å². The van der Waals surface area contributed by atoms with E-state index >= 15 is 0 Å². The van der Waals surface area contributed by atoms with E-state index in [1.165, 1.54) is 77.0 Å². The molecule has 1 rings (SSSR count). The van der Waals surface area contributed by atoms with Crippen molar-refractivity contribution in [3.05, 3.63) is 0 Å². The van der Waals surface area contributed by atoms with Crippen molar-refractivity contribution < 1.29 is 4.74 Å². The van der Waals surface area contributed by atoms with Gasteiger partial charge in [0.25, 0.3) is 0 Å². The second-order valence-electron chi connectivity index (χ2n) is 5.74. The summed E-state index contributed by atoms with van der Waals surface area (Å²) in [5.74, 6) is 0. The van der Waals surface area contributed by atoms with Gasteiger partial charge in [-0.05, 0) is 6.42 Å². The van der Waals surface area contributed by atoms with Crippen LogP contribution in [0.1, 0.15) is 84.0 Å². The number of hydrogen-bond acceptors (Lipinski definition) is 2. The van der Waals surface area contributed by atoms with Crippen molar-refractivity contribution in [2.24, 2.45) is 0 Å². The van der Waals surface area contributed by atoms with Gasteiger partial charge in [0.05, 0.1) is 13.3 Å². The minimum absolute atomic E-state index is 0.642. The van der Waals surface area contributed by atoms with E-state index in [4.69, 9.17) is 4.74 Å². The molecule has 1 atom stereocenters. The molecule has 0 aromatic rings. The predicted octanol–water partition coefficient (Wildman–Crippen LogP) is 4.63. The summed E-state index contributed by atoms with van der Waals surface area (Å²) in [7, 11) is 0. The molecule has 0 spiro atoms. The third-order valence-electron chi connectivity index (χ3n) is 3.95. The highest BCUT2D eigenvalue weighted by Gasteiger charge is 2.12. The van der Waals surface area contributed by atoms with E-state index < -0.39 is 0 Å². The lowest BCUT2D eigenvalue weighted by molar-refractivity contribution is 0.188. The van der Waals surface area contributed by atoms with Crippen LogP contribution in [0.5, 0.6) is 0 Å². The summed E-state index contributed by atoms with van der Waals surface area (Å²) in [6.45, 7) is 3.98. The zero-order valence-corrected chi connectivity index (χ0v) is 12.4. The number of nitrogens with one attached hydrogen (secondary N) is 1. The largest absolute Gasteiger partial charge is 0.365 e. The number of ether oxygens (including phenoxy) is 1. The zero-order chi connectivity index (χ0) is 12.9. The van der Waals surface area contributed by atoms with E-state index in [-0.39, 0.29) is 0 Å². The molecule has 2 nitrogen and oxygen atoms in total. The van der Waals surface area contributed by atoms with Crippen molar-refractivity contribution in [1.29, 1.82) is 0 Å². The Morgan fingerprint density at radius 1 is 0.833 bits per heavy atom. The molecule has 0 aromatic carbocycles. The molecule has 1 unspecified atom stereocenters. The molecule has 1 fully saturated rings. The molecule has 1 aliphatic rings. The van der Waals surface area contributed by atoms with Gasteiger partial charge in [-0.25, -0.2) is 0 Å². The summed E-state index contributed by atoms with van der Waals surface area (Å²) in [6, 6.07) is 0.642. The minimum Gasteiger partial charge on any atom is -0.365 e. The van der Waals surface area contributed by atoms with Crippen molar-refractivity contribution in [1.82, 2.24) is 5.32 Å². The summed E-state index contributed by atoms with van der Waals surface area (Å²) in [5.41, 5.74) is 0. The molecule has 1 N–H and O–H groups in total. The van der Waals surface area contributed by atoms with Crippen LogP contribution in [-0.2, 0) is 4.74 Å². The van der Waals surface area contributed by atoms with Gasteiger partial charge < -0.3 is 4.74 Å². The first-order valence-electron chi connectivity index (χ1n) is 8.24. The standard InChI is InChI=1S/C16H33NO/c1-2-3-4-5-6-7-8-9-10-11-12-13-16-14-18-15-17-16/h16-17H,2-15H2,1H3. The second-order valence-corrected chi connectivity index (χ2v) is 5.74. The zero-order valence-electron chi connectivity index (χ0n) is 12.4. The summed E-state index contributed by atoms with van der Waals surface area (Å²) < 4.78 is 5.30. The molecule has 0 amide bonds. The minimum atomic E-state index is 0.642. The smallest absolute Gasteiger partial charge is 0.0968 e. The highest BCUT2D eigenvalue weighted by atomic mass is 16.5. The van der Waals surface area contributed by atoms with Crippen LogP contribution in [0, 0.1) is 0 Å². The van der Waals surface area contributed by atoms with Gasteiger partial charge in [0.2, 0.25) is 0 Å². The fraction of sp³-hybridized carbons (Fsp3) is 1.00. The molecule has 1 saturated heterocycles.